The van der Waals surface area contributed by atoms with Gasteiger partial charge < -0.3 is 10.2 Å². The van der Waals surface area contributed by atoms with Crippen LogP contribution in [0.5, 0.6) is 11.5 Å². The lowest BCUT2D eigenvalue weighted by Gasteiger charge is -2.30. The van der Waals surface area contributed by atoms with Gasteiger partial charge in [-0.05, 0) is 49.5 Å². The lowest BCUT2D eigenvalue weighted by Crippen LogP contribution is -2.34. The molecule has 0 spiro atoms. The van der Waals surface area contributed by atoms with Crippen LogP contribution >= 0.6 is 12.4 Å². The van der Waals surface area contributed by atoms with Crippen molar-refractivity contribution >= 4 is 18.0 Å². The summed E-state index contributed by atoms with van der Waals surface area (Å²) in [6, 6.07) is 4.07. The Balaban J connectivity index is 0.00000220. The molecule has 0 radical (unpaired) electrons. The van der Waals surface area contributed by atoms with Crippen LogP contribution in [0.3, 0.4) is 0 Å². The molecule has 3 nitrogen and oxygen atoms in total. The van der Waals surface area contributed by atoms with Gasteiger partial charge >= 0.3 is 0 Å². The van der Waals surface area contributed by atoms with Gasteiger partial charge in [-0.25, -0.2) is 0 Å². The zero-order chi connectivity index (χ0) is 14.9. The monoisotopic (exact) mass is 311 g/mol. The van der Waals surface area contributed by atoms with E-state index in [4.69, 9.17) is 0 Å². The van der Waals surface area contributed by atoms with Crippen molar-refractivity contribution in [1.29, 1.82) is 0 Å². The van der Waals surface area contributed by atoms with Gasteiger partial charge in [-0.1, -0.05) is 19.9 Å². The molecular weight excluding hydrogens is 286 g/mol. The number of rotatable bonds is 3. The maximum Gasteiger partial charge on any atom is 0.127 e. The molecule has 1 aliphatic heterocycles. The SMILES string of the molecule is CC(C)c1cc(O)c(C2=CCN(C(C)C)CC2)c(O)c1.Cl. The van der Waals surface area contributed by atoms with Crippen molar-refractivity contribution in [2.24, 2.45) is 0 Å². The first-order valence-electron chi connectivity index (χ1n) is 7.39. The van der Waals surface area contributed by atoms with E-state index in [1.54, 1.807) is 12.1 Å². The number of halogens is 1. The van der Waals surface area contributed by atoms with E-state index in [-0.39, 0.29) is 29.8 Å². The molecule has 1 heterocycles. The predicted molar refractivity (Wildman–Crippen MR) is 90.4 cm³/mol. The largest absolute Gasteiger partial charge is 0.507 e. The molecular formula is C17H26ClNO2. The molecule has 2 N–H and O–H groups in total. The van der Waals surface area contributed by atoms with Crippen LogP contribution in [0.4, 0.5) is 0 Å². The Morgan fingerprint density at radius 3 is 2.00 bits per heavy atom. The lowest BCUT2D eigenvalue weighted by atomic mass is 9.93. The van der Waals surface area contributed by atoms with E-state index in [1.807, 2.05) is 13.8 Å². The van der Waals surface area contributed by atoms with Crippen molar-refractivity contribution < 1.29 is 10.2 Å². The van der Waals surface area contributed by atoms with Gasteiger partial charge in [0.15, 0.2) is 0 Å². The number of phenols is 2. The molecule has 0 saturated carbocycles. The summed E-state index contributed by atoms with van der Waals surface area (Å²) < 4.78 is 0. The summed E-state index contributed by atoms with van der Waals surface area (Å²) in [5.74, 6) is 0.675. The molecule has 0 atom stereocenters. The van der Waals surface area contributed by atoms with Crippen molar-refractivity contribution in [2.45, 2.75) is 46.1 Å². The second-order valence-electron chi connectivity index (χ2n) is 6.16. The fraction of sp³-hybridized carbons (Fsp3) is 0.529. The Morgan fingerprint density at radius 1 is 1.05 bits per heavy atom. The minimum atomic E-state index is 0. The highest BCUT2D eigenvalue weighted by Gasteiger charge is 2.20. The van der Waals surface area contributed by atoms with Crippen LogP contribution in [0.2, 0.25) is 0 Å². The summed E-state index contributed by atoms with van der Waals surface area (Å²) in [7, 11) is 0. The molecule has 1 aromatic carbocycles. The molecule has 0 fully saturated rings. The van der Waals surface area contributed by atoms with Gasteiger partial charge in [0.2, 0.25) is 0 Å². The highest BCUT2D eigenvalue weighted by molar-refractivity contribution is 5.85. The number of phenolic OH excluding ortho intramolecular Hbond substituents is 2. The highest BCUT2D eigenvalue weighted by atomic mass is 35.5. The van der Waals surface area contributed by atoms with E-state index in [1.165, 1.54) is 0 Å². The van der Waals surface area contributed by atoms with Crippen LogP contribution in [0.25, 0.3) is 5.57 Å². The van der Waals surface area contributed by atoms with E-state index in [9.17, 15) is 10.2 Å². The van der Waals surface area contributed by atoms with E-state index in [0.29, 0.717) is 11.6 Å². The van der Waals surface area contributed by atoms with Gasteiger partial charge in [-0.15, -0.1) is 12.4 Å². The smallest absolute Gasteiger partial charge is 0.127 e. The topological polar surface area (TPSA) is 43.7 Å². The molecule has 0 unspecified atom stereocenters. The normalized spacial score (nSPS) is 16.0. The van der Waals surface area contributed by atoms with Crippen LogP contribution in [-0.2, 0) is 0 Å². The Labute approximate surface area is 133 Å². The first kappa shape index (κ1) is 17.9. The lowest BCUT2D eigenvalue weighted by molar-refractivity contribution is 0.245. The van der Waals surface area contributed by atoms with Crippen LogP contribution in [0.1, 0.15) is 51.2 Å². The zero-order valence-electron chi connectivity index (χ0n) is 13.3. The van der Waals surface area contributed by atoms with E-state index in [2.05, 4.69) is 24.8 Å². The molecule has 0 saturated heterocycles. The molecule has 4 heteroatoms. The summed E-state index contributed by atoms with van der Waals surface area (Å²) in [6.45, 7) is 10.3. The summed E-state index contributed by atoms with van der Waals surface area (Å²) in [5, 5.41) is 20.5. The number of aromatic hydroxyl groups is 2. The maximum atomic E-state index is 10.2. The van der Waals surface area contributed by atoms with Crippen molar-refractivity contribution in [1.82, 2.24) is 4.90 Å². The summed E-state index contributed by atoms with van der Waals surface area (Å²) in [6.07, 6.45) is 2.98. The van der Waals surface area contributed by atoms with Crippen LogP contribution in [0.15, 0.2) is 18.2 Å². The Bertz CT molecular complexity index is 501. The Kier molecular flexibility index (Phi) is 6.11. The minimum Gasteiger partial charge on any atom is -0.507 e. The standard InChI is InChI=1S/C17H25NO2.ClH/c1-11(2)14-9-15(19)17(16(20)10-14)13-5-7-18(8-6-13)12(3)4;/h5,9-12,19-20H,6-8H2,1-4H3;1H. The molecule has 1 aliphatic rings. The average Bonchev–Trinajstić information content (AvgIpc) is 2.38. The molecule has 118 valence electrons. The van der Waals surface area contributed by atoms with Crippen LogP contribution in [0, 0.1) is 0 Å². The number of nitrogens with zero attached hydrogens (tertiary/aromatic N) is 1. The third-order valence-electron chi connectivity index (χ3n) is 4.08. The molecule has 0 bridgehead atoms. The Hall–Kier alpha value is -1.19. The van der Waals surface area contributed by atoms with Crippen molar-refractivity contribution in [3.8, 4) is 11.5 Å². The zero-order valence-corrected chi connectivity index (χ0v) is 14.1. The molecule has 0 aliphatic carbocycles. The van der Waals surface area contributed by atoms with Gasteiger partial charge in [0, 0.05) is 19.1 Å². The maximum absolute atomic E-state index is 10.2. The van der Waals surface area contributed by atoms with Crippen molar-refractivity contribution in [3.63, 3.8) is 0 Å². The fourth-order valence-corrected chi connectivity index (χ4v) is 2.68. The Morgan fingerprint density at radius 2 is 1.62 bits per heavy atom. The fourth-order valence-electron chi connectivity index (χ4n) is 2.68. The predicted octanol–water partition coefficient (Wildman–Crippen LogP) is 4.14. The van der Waals surface area contributed by atoms with Gasteiger partial charge in [-0.2, -0.15) is 0 Å². The van der Waals surface area contributed by atoms with Gasteiger partial charge in [0.25, 0.3) is 0 Å². The van der Waals surface area contributed by atoms with Gasteiger partial charge in [0.1, 0.15) is 11.5 Å². The van der Waals surface area contributed by atoms with Crippen molar-refractivity contribution in [2.75, 3.05) is 13.1 Å². The highest BCUT2D eigenvalue weighted by Crippen LogP contribution is 2.39. The van der Waals surface area contributed by atoms with Crippen LogP contribution in [-0.4, -0.2) is 34.2 Å². The summed E-state index contributed by atoms with van der Waals surface area (Å²) in [5.41, 5.74) is 2.62. The molecule has 2 rings (SSSR count). The third kappa shape index (κ3) is 3.92. The molecule has 1 aromatic rings. The van der Waals surface area contributed by atoms with Gasteiger partial charge in [0.05, 0.1) is 5.56 Å². The summed E-state index contributed by atoms with van der Waals surface area (Å²) >= 11 is 0. The minimum absolute atomic E-state index is 0. The third-order valence-corrected chi connectivity index (χ3v) is 4.08. The second-order valence-corrected chi connectivity index (χ2v) is 6.16. The van der Waals surface area contributed by atoms with E-state index in [0.717, 1.165) is 30.6 Å². The second kappa shape index (κ2) is 7.19. The van der Waals surface area contributed by atoms with Crippen LogP contribution < -0.4 is 0 Å². The van der Waals surface area contributed by atoms with E-state index >= 15 is 0 Å². The number of hydrogen-bond donors (Lipinski definition) is 2. The summed E-state index contributed by atoms with van der Waals surface area (Å²) in [4.78, 5) is 2.38. The average molecular weight is 312 g/mol. The molecule has 0 aromatic heterocycles. The molecule has 0 amide bonds. The molecule has 21 heavy (non-hydrogen) atoms. The first-order valence-corrected chi connectivity index (χ1v) is 7.39. The quantitative estimate of drug-likeness (QED) is 0.881. The van der Waals surface area contributed by atoms with Gasteiger partial charge in [-0.3, -0.25) is 4.90 Å². The van der Waals surface area contributed by atoms with E-state index < -0.39 is 0 Å². The first-order chi connectivity index (χ1) is 9.40. The number of hydrogen-bond acceptors (Lipinski definition) is 3. The van der Waals surface area contributed by atoms with Crippen molar-refractivity contribution in [3.05, 3.63) is 29.3 Å². The number of benzene rings is 1.